The van der Waals surface area contributed by atoms with Gasteiger partial charge in [-0.25, -0.2) is 4.79 Å². The predicted molar refractivity (Wildman–Crippen MR) is 126 cm³/mol. The van der Waals surface area contributed by atoms with Crippen molar-refractivity contribution in [2.24, 2.45) is 0 Å². The van der Waals surface area contributed by atoms with Crippen LogP contribution in [0.3, 0.4) is 0 Å². The number of aliphatic hydroxyl groups is 1. The van der Waals surface area contributed by atoms with Crippen molar-refractivity contribution in [3.05, 3.63) is 95.6 Å². The maximum Gasteiger partial charge on any atom is 0.416 e. The van der Waals surface area contributed by atoms with Crippen LogP contribution < -0.4 is 5.32 Å². The Morgan fingerprint density at radius 1 is 0.914 bits per heavy atom. The van der Waals surface area contributed by atoms with E-state index in [4.69, 9.17) is 4.74 Å². The second kappa shape index (κ2) is 9.76. The number of carbonyl (C=O) groups is 2. The zero-order valence-electron chi connectivity index (χ0n) is 18.7. The van der Waals surface area contributed by atoms with Gasteiger partial charge in [0.15, 0.2) is 6.10 Å². The van der Waals surface area contributed by atoms with Gasteiger partial charge in [0.05, 0.1) is 12.7 Å². The number of halogens is 3. The van der Waals surface area contributed by atoms with Crippen LogP contribution >= 0.6 is 0 Å². The summed E-state index contributed by atoms with van der Waals surface area (Å²) in [7, 11) is 1.19. The lowest BCUT2D eigenvalue weighted by molar-refractivity contribution is -0.146. The molecule has 0 saturated heterocycles. The number of carbonyl (C=O) groups excluding carboxylic acids is 2. The van der Waals surface area contributed by atoms with E-state index in [0.29, 0.717) is 0 Å². The number of rotatable bonds is 6. The van der Waals surface area contributed by atoms with Gasteiger partial charge in [-0.05, 0) is 50.9 Å². The molecule has 2 atom stereocenters. The predicted octanol–water partition coefficient (Wildman–Crippen LogP) is 4.95. The van der Waals surface area contributed by atoms with Crippen LogP contribution in [0.1, 0.15) is 22.8 Å². The molecule has 5 nitrogen and oxygen atoms in total. The summed E-state index contributed by atoms with van der Waals surface area (Å²) < 4.78 is 43.3. The van der Waals surface area contributed by atoms with Crippen molar-refractivity contribution in [3.63, 3.8) is 0 Å². The third kappa shape index (κ3) is 5.12. The van der Waals surface area contributed by atoms with Crippen molar-refractivity contribution in [1.82, 2.24) is 5.32 Å². The summed E-state index contributed by atoms with van der Waals surface area (Å²) in [6.07, 6.45) is -6.23. The third-order valence-electron chi connectivity index (χ3n) is 5.90. The Hall–Kier alpha value is -3.91. The van der Waals surface area contributed by atoms with E-state index in [1.807, 2.05) is 54.6 Å². The van der Waals surface area contributed by atoms with E-state index in [1.165, 1.54) is 7.11 Å². The summed E-state index contributed by atoms with van der Waals surface area (Å²) >= 11 is 0. The fourth-order valence-corrected chi connectivity index (χ4v) is 4.12. The molecule has 0 heterocycles. The van der Waals surface area contributed by atoms with E-state index in [1.54, 1.807) is 0 Å². The number of nitrogens with one attached hydrogen (secondary N) is 1. The minimum absolute atomic E-state index is 0.0327. The number of methoxy groups -OCH3 is 1. The molecule has 4 aromatic carbocycles. The highest BCUT2D eigenvalue weighted by Crippen LogP contribution is 2.31. The van der Waals surface area contributed by atoms with Crippen LogP contribution in [0.15, 0.2) is 78.9 Å². The largest absolute Gasteiger partial charge is 0.467 e. The minimum Gasteiger partial charge on any atom is -0.467 e. The molecular formula is C27H22F3NO4. The highest BCUT2D eigenvalue weighted by molar-refractivity contribution is 6.02. The first kappa shape index (κ1) is 24.2. The number of fused-ring (bicyclic) bond motifs is 2. The first-order valence-electron chi connectivity index (χ1n) is 10.8. The molecule has 0 radical (unpaired) electrons. The van der Waals surface area contributed by atoms with Crippen LogP contribution in [-0.4, -0.2) is 30.1 Å². The first-order valence-corrected chi connectivity index (χ1v) is 10.8. The van der Waals surface area contributed by atoms with Gasteiger partial charge in [0.1, 0.15) is 6.04 Å². The van der Waals surface area contributed by atoms with Crippen LogP contribution in [-0.2, 0) is 26.9 Å². The standard InChI is InChI=1S/C27H22F3NO4/c1-35-26(34)23(31-25(33)24(32)16-10-12-19(13-11-16)27(28,29)30)15-22-20-8-4-2-6-17(20)14-18-7-3-5-9-21(18)22/h2-14,23-24,32H,15H2,1H3,(H,31,33)/t23-,24+/m1/s1. The number of benzene rings is 4. The Labute approximate surface area is 199 Å². The zero-order chi connectivity index (χ0) is 25.2. The molecule has 35 heavy (non-hydrogen) atoms. The lowest BCUT2D eigenvalue weighted by Gasteiger charge is -2.21. The number of esters is 1. The van der Waals surface area contributed by atoms with E-state index in [9.17, 15) is 27.9 Å². The molecule has 1 amide bonds. The van der Waals surface area contributed by atoms with Crippen molar-refractivity contribution >= 4 is 33.4 Å². The van der Waals surface area contributed by atoms with E-state index in [2.05, 4.69) is 5.32 Å². The van der Waals surface area contributed by atoms with Gasteiger partial charge in [0.25, 0.3) is 5.91 Å². The van der Waals surface area contributed by atoms with Gasteiger partial charge in [-0.15, -0.1) is 0 Å². The fourth-order valence-electron chi connectivity index (χ4n) is 4.12. The van der Waals surface area contributed by atoms with Crippen LogP contribution in [0, 0.1) is 0 Å². The molecule has 8 heteroatoms. The quantitative estimate of drug-likeness (QED) is 0.302. The molecular weight excluding hydrogens is 459 g/mol. The Balaban J connectivity index is 1.64. The summed E-state index contributed by atoms with van der Waals surface area (Å²) in [6, 6.07) is 19.8. The van der Waals surface area contributed by atoms with Crippen LogP contribution in [0.25, 0.3) is 21.5 Å². The van der Waals surface area contributed by atoms with E-state index in [0.717, 1.165) is 51.4 Å². The molecule has 0 saturated carbocycles. The van der Waals surface area contributed by atoms with E-state index in [-0.39, 0.29) is 12.0 Å². The van der Waals surface area contributed by atoms with Crippen LogP contribution in [0.4, 0.5) is 13.2 Å². The van der Waals surface area contributed by atoms with Crippen molar-refractivity contribution < 1.29 is 32.6 Å². The Morgan fingerprint density at radius 2 is 1.46 bits per heavy atom. The van der Waals surface area contributed by atoms with Crippen molar-refractivity contribution in [3.8, 4) is 0 Å². The second-order valence-electron chi connectivity index (χ2n) is 8.11. The molecule has 0 aliphatic carbocycles. The number of ether oxygens (including phenoxy) is 1. The molecule has 0 aliphatic rings. The Morgan fingerprint density at radius 3 is 1.97 bits per heavy atom. The van der Waals surface area contributed by atoms with Gasteiger partial charge >= 0.3 is 12.1 Å². The van der Waals surface area contributed by atoms with Gasteiger partial charge < -0.3 is 15.2 Å². The normalized spacial score (nSPS) is 13.4. The average Bonchev–Trinajstić information content (AvgIpc) is 2.86. The van der Waals surface area contributed by atoms with Gasteiger partial charge in [0.2, 0.25) is 0 Å². The van der Waals surface area contributed by atoms with Crippen LogP contribution in [0.5, 0.6) is 0 Å². The molecule has 0 aliphatic heterocycles. The molecule has 4 aromatic rings. The molecule has 0 aromatic heterocycles. The number of amides is 1. The number of hydrogen-bond acceptors (Lipinski definition) is 4. The smallest absolute Gasteiger partial charge is 0.416 e. The topological polar surface area (TPSA) is 75.6 Å². The Kier molecular flexibility index (Phi) is 6.75. The van der Waals surface area contributed by atoms with Gasteiger partial charge in [-0.3, -0.25) is 4.79 Å². The van der Waals surface area contributed by atoms with E-state index >= 15 is 0 Å². The van der Waals surface area contributed by atoms with E-state index < -0.39 is 35.8 Å². The molecule has 2 N–H and O–H groups in total. The number of alkyl halides is 3. The first-order chi connectivity index (χ1) is 16.7. The maximum atomic E-state index is 12.8. The summed E-state index contributed by atoms with van der Waals surface area (Å²) in [6.45, 7) is 0. The SMILES string of the molecule is COC(=O)[C@@H](Cc1c2ccccc2cc2ccccc12)NC(=O)[C@@H](O)c1ccc(C(F)(F)F)cc1. The zero-order valence-corrected chi connectivity index (χ0v) is 18.7. The summed E-state index contributed by atoms with van der Waals surface area (Å²) in [5.74, 6) is -1.64. The molecule has 0 fully saturated rings. The Bertz CT molecular complexity index is 1330. The second-order valence-corrected chi connectivity index (χ2v) is 8.11. The summed E-state index contributed by atoms with van der Waals surface area (Å²) in [5, 5.41) is 16.7. The average molecular weight is 481 g/mol. The van der Waals surface area contributed by atoms with Crippen molar-refractivity contribution in [2.45, 2.75) is 24.7 Å². The number of hydrogen-bond donors (Lipinski definition) is 2. The molecule has 0 unspecified atom stereocenters. The fraction of sp³-hybridized carbons (Fsp3) is 0.185. The highest BCUT2D eigenvalue weighted by atomic mass is 19.4. The molecule has 0 spiro atoms. The minimum atomic E-state index is -4.54. The van der Waals surface area contributed by atoms with Gasteiger partial charge in [-0.1, -0.05) is 60.7 Å². The summed E-state index contributed by atoms with van der Waals surface area (Å²) in [4.78, 5) is 25.4. The van der Waals surface area contributed by atoms with Gasteiger partial charge in [0, 0.05) is 6.42 Å². The lowest BCUT2D eigenvalue weighted by Crippen LogP contribution is -2.45. The maximum absolute atomic E-state index is 12.8. The highest BCUT2D eigenvalue weighted by Gasteiger charge is 2.31. The molecule has 180 valence electrons. The molecule has 4 rings (SSSR count). The van der Waals surface area contributed by atoms with Crippen molar-refractivity contribution in [1.29, 1.82) is 0 Å². The lowest BCUT2D eigenvalue weighted by atomic mass is 9.92. The summed E-state index contributed by atoms with van der Waals surface area (Å²) in [5.41, 5.74) is -0.114. The number of aliphatic hydroxyl groups excluding tert-OH is 1. The monoisotopic (exact) mass is 481 g/mol. The van der Waals surface area contributed by atoms with Crippen molar-refractivity contribution in [2.75, 3.05) is 7.11 Å². The van der Waals surface area contributed by atoms with Crippen LogP contribution in [0.2, 0.25) is 0 Å². The third-order valence-corrected chi connectivity index (χ3v) is 5.90. The molecule has 0 bridgehead atoms. The van der Waals surface area contributed by atoms with Gasteiger partial charge in [-0.2, -0.15) is 13.2 Å².